The van der Waals surface area contributed by atoms with Crippen LogP contribution in [0.1, 0.15) is 0 Å². The molecule has 0 aromatic heterocycles. The Kier molecular flexibility index (Phi) is 3.63. The van der Waals surface area contributed by atoms with Gasteiger partial charge in [0.25, 0.3) is 0 Å². The normalized spacial score (nSPS) is 26.1. The van der Waals surface area contributed by atoms with Crippen molar-refractivity contribution >= 4 is 6.16 Å². The van der Waals surface area contributed by atoms with Gasteiger partial charge in [-0.05, 0) is 12.2 Å². The van der Waals surface area contributed by atoms with Crippen LogP contribution in [-0.2, 0) is 9.57 Å². The molecule has 0 amide bonds. The number of hydroxylamine groups is 2. The van der Waals surface area contributed by atoms with Crippen LogP contribution >= 0.6 is 0 Å². The van der Waals surface area contributed by atoms with Gasteiger partial charge < -0.3 is 19.8 Å². The topological polar surface area (TPSA) is 79.2 Å². The first-order valence-electron chi connectivity index (χ1n) is 3.93. The first-order valence-corrected chi connectivity index (χ1v) is 3.93. The van der Waals surface area contributed by atoms with Crippen LogP contribution in [0.5, 0.6) is 0 Å². The summed E-state index contributed by atoms with van der Waals surface area (Å²) in [5, 5.41) is 19.0. The number of carbonyl (C=O) groups is 1. The number of carbonyl (C=O) groups excluding carboxylic acids is 1. The number of rotatable bonds is 3. The molecule has 0 aliphatic carbocycles. The molecule has 6 nitrogen and oxygen atoms in total. The number of aliphatic hydroxyl groups is 2. The Morgan fingerprint density at radius 1 is 1.50 bits per heavy atom. The number of hydrogen-bond acceptors (Lipinski definition) is 6. The van der Waals surface area contributed by atoms with Crippen molar-refractivity contribution in [2.75, 3.05) is 6.61 Å². The summed E-state index contributed by atoms with van der Waals surface area (Å²) in [7, 11) is 0. The van der Waals surface area contributed by atoms with Crippen LogP contribution in [0.3, 0.4) is 0 Å². The fraction of sp³-hybridized carbons (Fsp3) is 0.375. The molecule has 1 heterocycles. The van der Waals surface area contributed by atoms with Gasteiger partial charge in [0.2, 0.25) is 0 Å². The van der Waals surface area contributed by atoms with E-state index in [0.717, 1.165) is 0 Å². The van der Waals surface area contributed by atoms with E-state index in [1.54, 1.807) is 0 Å². The van der Waals surface area contributed by atoms with E-state index in [2.05, 4.69) is 16.2 Å². The summed E-state index contributed by atoms with van der Waals surface area (Å²) in [5.41, 5.74) is 0. The van der Waals surface area contributed by atoms with Crippen molar-refractivity contribution < 1.29 is 24.6 Å². The van der Waals surface area contributed by atoms with Gasteiger partial charge in [0.05, 0.1) is 0 Å². The Labute approximate surface area is 80.6 Å². The lowest BCUT2D eigenvalue weighted by Gasteiger charge is -2.21. The van der Waals surface area contributed by atoms with E-state index in [1.165, 1.54) is 18.2 Å². The van der Waals surface area contributed by atoms with E-state index < -0.39 is 18.6 Å². The molecule has 6 heteroatoms. The summed E-state index contributed by atoms with van der Waals surface area (Å²) in [6, 6.07) is 0. The van der Waals surface area contributed by atoms with Gasteiger partial charge in [0, 0.05) is 0 Å². The molecule has 78 valence electrons. The highest BCUT2D eigenvalue weighted by Gasteiger charge is 2.29. The standard InChI is InChI=1S/C8H11NO5/c1-2-5-13-8(12)14-9-6(10)3-4-7(9)11/h2-4,6-7,10-11H,1,5H2. The summed E-state index contributed by atoms with van der Waals surface area (Å²) in [5.74, 6) is 0. The highest BCUT2D eigenvalue weighted by Crippen LogP contribution is 2.13. The van der Waals surface area contributed by atoms with E-state index in [4.69, 9.17) is 10.2 Å². The largest absolute Gasteiger partial charge is 0.528 e. The molecule has 1 aliphatic rings. The molecule has 2 N–H and O–H groups in total. The predicted molar refractivity (Wildman–Crippen MR) is 45.6 cm³/mol. The third-order valence-electron chi connectivity index (χ3n) is 1.48. The van der Waals surface area contributed by atoms with Crippen molar-refractivity contribution in [1.29, 1.82) is 0 Å². The average molecular weight is 201 g/mol. The molecule has 0 saturated carbocycles. The maximum absolute atomic E-state index is 10.9. The summed E-state index contributed by atoms with van der Waals surface area (Å²) in [6.07, 6.45) is 0.627. The molecule has 14 heavy (non-hydrogen) atoms. The molecule has 0 fully saturated rings. The molecule has 0 radical (unpaired) electrons. The van der Waals surface area contributed by atoms with Crippen molar-refractivity contribution in [3.63, 3.8) is 0 Å². The van der Waals surface area contributed by atoms with E-state index in [-0.39, 0.29) is 6.61 Å². The van der Waals surface area contributed by atoms with Crippen LogP contribution in [0, 0.1) is 0 Å². The lowest BCUT2D eigenvalue weighted by Crippen LogP contribution is -2.38. The lowest BCUT2D eigenvalue weighted by molar-refractivity contribution is -0.238. The summed E-state index contributed by atoms with van der Waals surface area (Å²) in [6.45, 7) is 3.34. The molecule has 0 aromatic rings. The number of ether oxygens (including phenoxy) is 1. The van der Waals surface area contributed by atoms with Gasteiger partial charge in [0.15, 0.2) is 12.5 Å². The quantitative estimate of drug-likeness (QED) is 0.484. The van der Waals surface area contributed by atoms with Gasteiger partial charge in [0.1, 0.15) is 6.61 Å². The Morgan fingerprint density at radius 3 is 2.57 bits per heavy atom. The van der Waals surface area contributed by atoms with Crippen molar-refractivity contribution in [3.8, 4) is 0 Å². The van der Waals surface area contributed by atoms with Gasteiger partial charge in [-0.3, -0.25) is 0 Å². The fourth-order valence-corrected chi connectivity index (χ4v) is 0.872. The molecule has 0 spiro atoms. The lowest BCUT2D eigenvalue weighted by atomic mass is 10.5. The first-order chi connectivity index (χ1) is 6.65. The van der Waals surface area contributed by atoms with Crippen LogP contribution in [-0.4, -0.2) is 40.5 Å². The Hall–Kier alpha value is -1.37. The molecule has 0 bridgehead atoms. The minimum absolute atomic E-state index is 0.00624. The molecule has 2 unspecified atom stereocenters. The van der Waals surface area contributed by atoms with E-state index in [9.17, 15) is 4.79 Å². The SMILES string of the molecule is C=CCOC(=O)ON1C(O)C=CC1O. The zero-order valence-electron chi connectivity index (χ0n) is 7.37. The van der Waals surface area contributed by atoms with Crippen LogP contribution in [0.4, 0.5) is 4.79 Å². The van der Waals surface area contributed by atoms with Gasteiger partial charge in [-0.1, -0.05) is 17.7 Å². The third kappa shape index (κ3) is 2.56. The number of nitrogens with zero attached hydrogens (tertiary/aromatic N) is 1. The van der Waals surface area contributed by atoms with Crippen LogP contribution in [0.15, 0.2) is 24.8 Å². The van der Waals surface area contributed by atoms with Gasteiger partial charge in [-0.15, -0.1) is 0 Å². The fourth-order valence-electron chi connectivity index (χ4n) is 0.872. The van der Waals surface area contributed by atoms with E-state index in [1.807, 2.05) is 0 Å². The zero-order chi connectivity index (χ0) is 10.6. The van der Waals surface area contributed by atoms with Gasteiger partial charge in [-0.25, -0.2) is 4.79 Å². The van der Waals surface area contributed by atoms with Crippen LogP contribution in [0.25, 0.3) is 0 Å². The maximum Gasteiger partial charge on any atom is 0.528 e. The zero-order valence-corrected chi connectivity index (χ0v) is 7.37. The van der Waals surface area contributed by atoms with Gasteiger partial charge in [-0.2, -0.15) is 0 Å². The second kappa shape index (κ2) is 4.75. The number of hydrogen-bond donors (Lipinski definition) is 2. The monoisotopic (exact) mass is 201 g/mol. The Bertz CT molecular complexity index is 240. The second-order valence-corrected chi connectivity index (χ2v) is 2.51. The summed E-state index contributed by atoms with van der Waals surface area (Å²) >= 11 is 0. The van der Waals surface area contributed by atoms with Crippen LogP contribution in [0.2, 0.25) is 0 Å². The molecule has 2 atom stereocenters. The van der Waals surface area contributed by atoms with Crippen molar-refractivity contribution in [1.82, 2.24) is 5.06 Å². The minimum atomic E-state index is -1.15. The van der Waals surface area contributed by atoms with Gasteiger partial charge >= 0.3 is 6.16 Å². The molecule has 1 aliphatic heterocycles. The molecule has 0 aromatic carbocycles. The first kappa shape index (κ1) is 10.7. The third-order valence-corrected chi connectivity index (χ3v) is 1.48. The predicted octanol–water partition coefficient (Wildman–Crippen LogP) is -0.251. The average Bonchev–Trinajstić information content (AvgIpc) is 2.46. The summed E-state index contributed by atoms with van der Waals surface area (Å²) in [4.78, 5) is 15.4. The van der Waals surface area contributed by atoms with Crippen molar-refractivity contribution in [3.05, 3.63) is 24.8 Å². The second-order valence-electron chi connectivity index (χ2n) is 2.51. The Morgan fingerprint density at radius 2 is 2.07 bits per heavy atom. The van der Waals surface area contributed by atoms with Crippen molar-refractivity contribution in [2.24, 2.45) is 0 Å². The highest BCUT2D eigenvalue weighted by atomic mass is 16.8. The molecular formula is C8H11NO5. The van der Waals surface area contributed by atoms with Crippen LogP contribution < -0.4 is 0 Å². The van der Waals surface area contributed by atoms with E-state index >= 15 is 0 Å². The minimum Gasteiger partial charge on any atom is -0.429 e. The van der Waals surface area contributed by atoms with E-state index in [0.29, 0.717) is 5.06 Å². The molecule has 1 rings (SSSR count). The molecular weight excluding hydrogens is 190 g/mol. The highest BCUT2D eigenvalue weighted by molar-refractivity contribution is 5.59. The molecule has 0 saturated heterocycles. The summed E-state index contributed by atoms with van der Waals surface area (Å²) < 4.78 is 4.48. The Balaban J connectivity index is 2.36. The maximum atomic E-state index is 10.9. The van der Waals surface area contributed by atoms with Crippen molar-refractivity contribution in [2.45, 2.75) is 12.5 Å². The number of aliphatic hydroxyl groups excluding tert-OH is 2. The smallest absolute Gasteiger partial charge is 0.429 e.